The second kappa shape index (κ2) is 12.4. The fourth-order valence-electron chi connectivity index (χ4n) is 3.60. The maximum atomic E-state index is 14.2. The molecule has 0 saturated heterocycles. The Kier molecular flexibility index (Phi) is 10.6. The smallest absolute Gasteiger partial charge is 0.244 e. The highest BCUT2D eigenvalue weighted by molar-refractivity contribution is 5.93. The highest BCUT2D eigenvalue weighted by Crippen LogP contribution is 2.22. The topological polar surface area (TPSA) is 122 Å². The molecular formula is C24H37FN4O5. The quantitative estimate of drug-likeness (QED) is 0.372. The molecule has 3 amide bonds. The average molecular weight is 481 g/mol. The minimum Gasteiger partial charge on any atom is -0.347 e. The summed E-state index contributed by atoms with van der Waals surface area (Å²) in [5.41, 5.74) is -0.497. The van der Waals surface area contributed by atoms with Crippen LogP contribution in [0, 0.1) is 33.2 Å². The van der Waals surface area contributed by atoms with Gasteiger partial charge >= 0.3 is 0 Å². The highest BCUT2D eigenvalue weighted by Gasteiger charge is 2.37. The van der Waals surface area contributed by atoms with Crippen molar-refractivity contribution in [1.29, 1.82) is 0 Å². The lowest BCUT2D eigenvalue weighted by Gasteiger charge is -2.33. The van der Waals surface area contributed by atoms with Crippen LogP contribution < -0.4 is 10.6 Å². The van der Waals surface area contributed by atoms with E-state index in [1.165, 1.54) is 37.2 Å². The fourth-order valence-corrected chi connectivity index (χ4v) is 3.60. The molecule has 10 heteroatoms. The molecule has 0 unspecified atom stereocenters. The zero-order valence-electron chi connectivity index (χ0n) is 21.1. The average Bonchev–Trinajstić information content (AvgIpc) is 2.70. The molecule has 9 nitrogen and oxygen atoms in total. The maximum absolute atomic E-state index is 14.2. The van der Waals surface area contributed by atoms with Crippen molar-refractivity contribution in [2.75, 3.05) is 20.6 Å². The molecule has 0 aliphatic rings. The van der Waals surface area contributed by atoms with Crippen LogP contribution in [-0.4, -0.2) is 60.3 Å². The molecule has 1 aromatic rings. The summed E-state index contributed by atoms with van der Waals surface area (Å²) in [6, 6.07) is 3.85. The number of nitrogens with zero attached hydrogens (tertiary/aromatic N) is 2. The van der Waals surface area contributed by atoms with Crippen molar-refractivity contribution in [3.63, 3.8) is 0 Å². The Bertz CT molecular complexity index is 882. The van der Waals surface area contributed by atoms with Gasteiger partial charge in [-0.05, 0) is 29.4 Å². The monoisotopic (exact) mass is 480 g/mol. The predicted molar refractivity (Wildman–Crippen MR) is 127 cm³/mol. The van der Waals surface area contributed by atoms with Gasteiger partial charge in [0.2, 0.25) is 24.3 Å². The van der Waals surface area contributed by atoms with E-state index in [-0.39, 0.29) is 17.9 Å². The fraction of sp³-hybridized carbons (Fsp3) is 0.625. The van der Waals surface area contributed by atoms with Crippen LogP contribution in [-0.2, 0) is 20.8 Å². The van der Waals surface area contributed by atoms with Gasteiger partial charge in [0.15, 0.2) is 0 Å². The Morgan fingerprint density at radius 1 is 1.09 bits per heavy atom. The van der Waals surface area contributed by atoms with Crippen molar-refractivity contribution in [3.8, 4) is 0 Å². The molecule has 0 radical (unpaired) electrons. The second-order valence-electron chi connectivity index (χ2n) is 10.2. The number of nitro groups is 1. The van der Waals surface area contributed by atoms with Crippen LogP contribution >= 0.6 is 0 Å². The zero-order valence-corrected chi connectivity index (χ0v) is 21.1. The number of hydrogen-bond donors (Lipinski definition) is 2. The van der Waals surface area contributed by atoms with Gasteiger partial charge in [-0.1, -0.05) is 52.8 Å². The standard InChI is InChI=1S/C24H37FN4O5/c1-15(2)12-17(14-29(33)34)21(30)27-20(24(3,4)5)22(31)26-19(23(32)28(6)7)13-16-10-8-9-11-18(16)25/h8-11,15,17,19-20H,12-14H2,1-7H3,(H,26,31)(H,27,30)/t17-,19-,20-/m1/s1. The molecular weight excluding hydrogens is 443 g/mol. The molecule has 3 atom stereocenters. The maximum Gasteiger partial charge on any atom is 0.244 e. The van der Waals surface area contributed by atoms with E-state index in [1.807, 2.05) is 13.8 Å². The van der Waals surface area contributed by atoms with Gasteiger partial charge in [-0.25, -0.2) is 4.39 Å². The summed E-state index contributed by atoms with van der Waals surface area (Å²) in [5.74, 6) is -3.00. The molecule has 1 aromatic carbocycles. The van der Waals surface area contributed by atoms with E-state index in [9.17, 15) is 28.9 Å². The summed E-state index contributed by atoms with van der Waals surface area (Å²) in [6.45, 7) is 8.38. The number of nitrogens with one attached hydrogen (secondary N) is 2. The molecule has 190 valence electrons. The molecule has 0 aliphatic heterocycles. The van der Waals surface area contributed by atoms with Gasteiger partial charge in [-0.3, -0.25) is 24.5 Å². The normalized spacial score (nSPS) is 14.1. The lowest BCUT2D eigenvalue weighted by molar-refractivity contribution is -0.486. The molecule has 2 N–H and O–H groups in total. The van der Waals surface area contributed by atoms with Crippen LogP contribution in [0.2, 0.25) is 0 Å². The minimum absolute atomic E-state index is 0.0421. The van der Waals surface area contributed by atoms with Crippen molar-refractivity contribution in [1.82, 2.24) is 15.5 Å². The third-order valence-electron chi connectivity index (χ3n) is 5.35. The summed E-state index contributed by atoms with van der Waals surface area (Å²) in [5, 5.41) is 16.4. The third kappa shape index (κ3) is 9.07. The van der Waals surface area contributed by atoms with Crippen LogP contribution in [0.5, 0.6) is 0 Å². The number of carbonyl (C=O) groups is 3. The summed E-state index contributed by atoms with van der Waals surface area (Å²) in [4.78, 5) is 50.8. The van der Waals surface area contributed by atoms with Gasteiger partial charge < -0.3 is 15.5 Å². The molecule has 1 rings (SSSR count). The first-order valence-electron chi connectivity index (χ1n) is 11.3. The van der Waals surface area contributed by atoms with Crippen LogP contribution in [0.25, 0.3) is 0 Å². The number of likely N-dealkylation sites (N-methyl/N-ethyl adjacent to an activating group) is 1. The van der Waals surface area contributed by atoms with Crippen molar-refractivity contribution >= 4 is 17.7 Å². The number of hydrogen-bond acceptors (Lipinski definition) is 5. The Hall–Kier alpha value is -3.04. The van der Waals surface area contributed by atoms with Crippen LogP contribution in [0.1, 0.15) is 46.6 Å². The van der Waals surface area contributed by atoms with Crippen molar-refractivity contribution < 1.29 is 23.7 Å². The van der Waals surface area contributed by atoms with E-state index in [2.05, 4.69) is 10.6 Å². The first-order chi connectivity index (χ1) is 15.6. The lowest BCUT2D eigenvalue weighted by atomic mass is 9.85. The van der Waals surface area contributed by atoms with Crippen LogP contribution in [0.4, 0.5) is 4.39 Å². The molecule has 34 heavy (non-hydrogen) atoms. The van der Waals surface area contributed by atoms with Gasteiger partial charge in [0.25, 0.3) is 0 Å². The van der Waals surface area contributed by atoms with E-state index in [4.69, 9.17) is 0 Å². The summed E-state index contributed by atoms with van der Waals surface area (Å²) in [7, 11) is 3.06. The SMILES string of the molecule is CC(C)C[C@H](C[N+](=O)[O-])C(=O)N[C@H](C(=O)N[C@H](Cc1ccccc1F)C(=O)N(C)C)C(C)(C)C. The van der Waals surface area contributed by atoms with Crippen molar-refractivity contribution in [3.05, 3.63) is 45.8 Å². The summed E-state index contributed by atoms with van der Waals surface area (Å²) in [6.07, 6.45) is 0.220. The first kappa shape index (κ1) is 29.0. The van der Waals surface area contributed by atoms with Gasteiger partial charge in [-0.2, -0.15) is 0 Å². The molecule has 0 heterocycles. The van der Waals surface area contributed by atoms with E-state index in [1.54, 1.807) is 26.8 Å². The Morgan fingerprint density at radius 3 is 2.15 bits per heavy atom. The molecule has 0 spiro atoms. The van der Waals surface area contributed by atoms with E-state index in [0.717, 1.165) is 0 Å². The van der Waals surface area contributed by atoms with E-state index >= 15 is 0 Å². The van der Waals surface area contributed by atoms with Gasteiger partial charge in [0.05, 0.1) is 0 Å². The molecule has 0 saturated carbocycles. The van der Waals surface area contributed by atoms with E-state index < -0.39 is 58.4 Å². The summed E-state index contributed by atoms with van der Waals surface area (Å²) < 4.78 is 14.2. The van der Waals surface area contributed by atoms with Gasteiger partial charge in [-0.15, -0.1) is 0 Å². The lowest BCUT2D eigenvalue weighted by Crippen LogP contribution is -2.59. The number of amides is 3. The number of rotatable bonds is 11. The minimum atomic E-state index is -1.07. The third-order valence-corrected chi connectivity index (χ3v) is 5.35. The van der Waals surface area contributed by atoms with Crippen LogP contribution in [0.15, 0.2) is 24.3 Å². The van der Waals surface area contributed by atoms with Gasteiger partial charge in [0.1, 0.15) is 23.8 Å². The summed E-state index contributed by atoms with van der Waals surface area (Å²) >= 11 is 0. The second-order valence-corrected chi connectivity index (χ2v) is 10.2. The predicted octanol–water partition coefficient (Wildman–Crippen LogP) is 2.41. The molecule has 0 aromatic heterocycles. The van der Waals surface area contributed by atoms with Gasteiger partial charge in [0, 0.05) is 25.4 Å². The molecule has 0 bridgehead atoms. The zero-order chi connectivity index (χ0) is 26.2. The van der Waals surface area contributed by atoms with Crippen LogP contribution in [0.3, 0.4) is 0 Å². The molecule has 0 fully saturated rings. The van der Waals surface area contributed by atoms with E-state index in [0.29, 0.717) is 6.42 Å². The first-order valence-corrected chi connectivity index (χ1v) is 11.3. The van der Waals surface area contributed by atoms with Crippen molar-refractivity contribution in [2.45, 2.75) is 59.5 Å². The molecule has 0 aliphatic carbocycles. The number of carbonyl (C=O) groups excluding carboxylic acids is 3. The Labute approximate surface area is 200 Å². The highest BCUT2D eigenvalue weighted by atomic mass is 19.1. The van der Waals surface area contributed by atoms with Crippen molar-refractivity contribution in [2.24, 2.45) is 17.3 Å². The number of benzene rings is 1. The largest absolute Gasteiger partial charge is 0.347 e. The number of halogens is 1. The Morgan fingerprint density at radius 2 is 1.68 bits per heavy atom. The Balaban J connectivity index is 3.16.